The number of hydrogen-bond donors (Lipinski definition) is 2. The number of aryl methyl sites for hydroxylation is 1. The van der Waals surface area contributed by atoms with Crippen molar-refractivity contribution >= 4 is 45.0 Å². The van der Waals surface area contributed by atoms with Crippen LogP contribution >= 0.6 is 15.9 Å². The SMILES string of the molecule is Cc1cc(N2CCOCC2)nc(Nc2ccc(NC(=O)c3cccc(Br)c3)cc2)n1. The summed E-state index contributed by atoms with van der Waals surface area (Å²) in [7, 11) is 0. The Morgan fingerprint density at radius 3 is 2.50 bits per heavy atom. The van der Waals surface area contributed by atoms with Crippen LogP contribution < -0.4 is 15.5 Å². The van der Waals surface area contributed by atoms with Gasteiger partial charge in [-0.15, -0.1) is 0 Å². The molecular weight excluding hydrogens is 446 g/mol. The Balaban J connectivity index is 1.43. The molecule has 30 heavy (non-hydrogen) atoms. The maximum atomic E-state index is 12.4. The highest BCUT2D eigenvalue weighted by atomic mass is 79.9. The lowest BCUT2D eigenvalue weighted by Gasteiger charge is -2.28. The molecule has 1 aromatic heterocycles. The van der Waals surface area contributed by atoms with Crippen LogP contribution in [0.25, 0.3) is 0 Å². The molecule has 2 aromatic carbocycles. The van der Waals surface area contributed by atoms with Gasteiger partial charge in [0.05, 0.1) is 13.2 Å². The molecule has 1 saturated heterocycles. The Bertz CT molecular complexity index is 1040. The second-order valence-corrected chi connectivity index (χ2v) is 7.87. The molecule has 0 spiro atoms. The summed E-state index contributed by atoms with van der Waals surface area (Å²) in [5.74, 6) is 1.28. The standard InChI is InChI=1S/C22H22BrN5O2/c1-15-13-20(28-9-11-30-12-10-28)27-22(24-15)26-19-7-5-18(6-8-19)25-21(29)16-3-2-4-17(23)14-16/h2-8,13-14H,9-12H2,1H3,(H,25,29)(H,24,26,27). The summed E-state index contributed by atoms with van der Waals surface area (Å²) < 4.78 is 6.28. The molecule has 0 bridgehead atoms. The van der Waals surface area contributed by atoms with Crippen LogP contribution in [0.15, 0.2) is 59.1 Å². The van der Waals surface area contributed by atoms with Gasteiger partial charge in [0.2, 0.25) is 5.95 Å². The number of hydrogen-bond acceptors (Lipinski definition) is 6. The first-order chi connectivity index (χ1) is 14.6. The van der Waals surface area contributed by atoms with Gasteiger partial charge in [0.25, 0.3) is 5.91 Å². The number of benzene rings is 2. The molecule has 1 fully saturated rings. The van der Waals surface area contributed by atoms with E-state index in [-0.39, 0.29) is 5.91 Å². The third-order valence-corrected chi connectivity index (χ3v) is 5.15. The Kier molecular flexibility index (Phi) is 6.25. The molecule has 8 heteroatoms. The number of aromatic nitrogens is 2. The van der Waals surface area contributed by atoms with Crippen LogP contribution in [0.4, 0.5) is 23.1 Å². The predicted molar refractivity (Wildman–Crippen MR) is 122 cm³/mol. The van der Waals surface area contributed by atoms with Crippen molar-refractivity contribution in [3.05, 3.63) is 70.3 Å². The Hall–Kier alpha value is -2.97. The van der Waals surface area contributed by atoms with Crippen LogP contribution in [0.2, 0.25) is 0 Å². The first kappa shape index (κ1) is 20.3. The number of carbonyl (C=O) groups is 1. The molecule has 1 aliphatic heterocycles. The number of morpholine rings is 1. The Labute approximate surface area is 183 Å². The van der Waals surface area contributed by atoms with Gasteiger partial charge in [0.1, 0.15) is 5.82 Å². The lowest BCUT2D eigenvalue weighted by molar-refractivity contribution is 0.102. The van der Waals surface area contributed by atoms with E-state index in [1.807, 2.05) is 49.4 Å². The molecule has 0 aliphatic carbocycles. The largest absolute Gasteiger partial charge is 0.378 e. The van der Waals surface area contributed by atoms with Crippen molar-refractivity contribution in [2.24, 2.45) is 0 Å². The highest BCUT2D eigenvalue weighted by Gasteiger charge is 2.14. The van der Waals surface area contributed by atoms with Gasteiger partial charge in [-0.3, -0.25) is 4.79 Å². The van der Waals surface area contributed by atoms with E-state index >= 15 is 0 Å². The molecule has 0 saturated carbocycles. The summed E-state index contributed by atoms with van der Waals surface area (Å²) in [6.45, 7) is 5.01. The average molecular weight is 468 g/mol. The monoisotopic (exact) mass is 467 g/mol. The van der Waals surface area contributed by atoms with Crippen molar-refractivity contribution < 1.29 is 9.53 Å². The molecule has 1 aliphatic rings. The first-order valence-corrected chi connectivity index (χ1v) is 10.5. The summed E-state index contributed by atoms with van der Waals surface area (Å²) in [6, 6.07) is 16.7. The van der Waals surface area contributed by atoms with E-state index in [1.54, 1.807) is 12.1 Å². The number of anilines is 4. The Morgan fingerprint density at radius 2 is 1.77 bits per heavy atom. The van der Waals surface area contributed by atoms with Gasteiger partial charge < -0.3 is 20.3 Å². The lowest BCUT2D eigenvalue weighted by Crippen LogP contribution is -2.36. The molecule has 0 radical (unpaired) electrons. The summed E-state index contributed by atoms with van der Waals surface area (Å²) >= 11 is 3.38. The molecule has 2 N–H and O–H groups in total. The van der Waals surface area contributed by atoms with Crippen molar-refractivity contribution in [3.8, 4) is 0 Å². The molecule has 4 rings (SSSR count). The molecule has 2 heterocycles. The second kappa shape index (κ2) is 9.23. The second-order valence-electron chi connectivity index (χ2n) is 6.96. The number of rotatable bonds is 5. The predicted octanol–water partition coefficient (Wildman–Crippen LogP) is 4.38. The van der Waals surface area contributed by atoms with Crippen LogP contribution in [0.1, 0.15) is 16.1 Å². The van der Waals surface area contributed by atoms with Crippen molar-refractivity contribution in [2.45, 2.75) is 6.92 Å². The molecular formula is C22H22BrN5O2. The van der Waals surface area contributed by atoms with E-state index in [9.17, 15) is 4.79 Å². The van der Waals surface area contributed by atoms with Crippen molar-refractivity contribution in [3.63, 3.8) is 0 Å². The van der Waals surface area contributed by atoms with Crippen LogP contribution in [-0.4, -0.2) is 42.2 Å². The van der Waals surface area contributed by atoms with E-state index in [4.69, 9.17) is 4.74 Å². The first-order valence-electron chi connectivity index (χ1n) is 9.69. The van der Waals surface area contributed by atoms with Gasteiger partial charge >= 0.3 is 0 Å². The minimum Gasteiger partial charge on any atom is -0.378 e. The minimum absolute atomic E-state index is 0.158. The number of nitrogens with one attached hydrogen (secondary N) is 2. The molecule has 3 aromatic rings. The van der Waals surface area contributed by atoms with Gasteiger partial charge in [-0.05, 0) is 49.4 Å². The minimum atomic E-state index is -0.158. The zero-order chi connectivity index (χ0) is 20.9. The lowest BCUT2D eigenvalue weighted by atomic mass is 10.2. The number of amides is 1. The third-order valence-electron chi connectivity index (χ3n) is 4.66. The number of ether oxygens (including phenoxy) is 1. The van der Waals surface area contributed by atoms with Gasteiger partial charge in [-0.2, -0.15) is 4.98 Å². The fourth-order valence-corrected chi connectivity index (χ4v) is 3.56. The van der Waals surface area contributed by atoms with Crippen molar-refractivity contribution in [1.82, 2.24) is 9.97 Å². The van der Waals surface area contributed by atoms with Gasteiger partial charge in [0.15, 0.2) is 0 Å². The average Bonchev–Trinajstić information content (AvgIpc) is 2.75. The van der Waals surface area contributed by atoms with E-state index in [2.05, 4.69) is 41.4 Å². The van der Waals surface area contributed by atoms with Gasteiger partial charge in [-0.25, -0.2) is 4.98 Å². The van der Waals surface area contributed by atoms with Gasteiger partial charge in [-0.1, -0.05) is 22.0 Å². The van der Waals surface area contributed by atoms with Crippen LogP contribution in [0, 0.1) is 6.92 Å². The summed E-state index contributed by atoms with van der Waals surface area (Å²) in [6.07, 6.45) is 0. The zero-order valence-corrected chi connectivity index (χ0v) is 18.1. The quantitative estimate of drug-likeness (QED) is 0.579. The van der Waals surface area contributed by atoms with Crippen LogP contribution in [-0.2, 0) is 4.74 Å². The molecule has 0 unspecified atom stereocenters. The highest BCUT2D eigenvalue weighted by Crippen LogP contribution is 2.21. The van der Waals surface area contributed by atoms with Crippen LogP contribution in [0.5, 0.6) is 0 Å². The van der Waals surface area contributed by atoms with E-state index < -0.39 is 0 Å². The Morgan fingerprint density at radius 1 is 1.03 bits per heavy atom. The maximum absolute atomic E-state index is 12.4. The summed E-state index contributed by atoms with van der Waals surface area (Å²) in [5.41, 5.74) is 3.04. The van der Waals surface area contributed by atoms with Crippen LogP contribution in [0.3, 0.4) is 0 Å². The van der Waals surface area contributed by atoms with Gasteiger partial charge in [0, 0.05) is 46.3 Å². The van der Waals surface area contributed by atoms with Crippen molar-refractivity contribution in [2.75, 3.05) is 41.8 Å². The number of nitrogens with zero attached hydrogens (tertiary/aromatic N) is 3. The highest BCUT2D eigenvalue weighted by molar-refractivity contribution is 9.10. The smallest absolute Gasteiger partial charge is 0.255 e. The van der Waals surface area contributed by atoms with E-state index in [0.717, 1.165) is 34.8 Å². The third kappa shape index (κ3) is 5.14. The normalized spacial score (nSPS) is 13.7. The number of carbonyl (C=O) groups excluding carboxylic acids is 1. The topological polar surface area (TPSA) is 79.4 Å². The molecule has 154 valence electrons. The fourth-order valence-electron chi connectivity index (χ4n) is 3.16. The zero-order valence-electron chi connectivity index (χ0n) is 16.6. The number of halogens is 1. The molecule has 0 atom stereocenters. The summed E-state index contributed by atoms with van der Waals surface area (Å²) in [4.78, 5) is 23.7. The fraction of sp³-hybridized carbons (Fsp3) is 0.227. The maximum Gasteiger partial charge on any atom is 0.255 e. The molecule has 7 nitrogen and oxygen atoms in total. The van der Waals surface area contributed by atoms with E-state index in [0.29, 0.717) is 30.4 Å². The van der Waals surface area contributed by atoms with Crippen molar-refractivity contribution in [1.29, 1.82) is 0 Å². The van der Waals surface area contributed by atoms with E-state index in [1.165, 1.54) is 0 Å². The summed E-state index contributed by atoms with van der Waals surface area (Å²) in [5, 5.41) is 6.15. The molecule has 1 amide bonds.